The molecule has 0 atom stereocenters. The van der Waals surface area contributed by atoms with Crippen LogP contribution in [0.5, 0.6) is 0 Å². The lowest BCUT2D eigenvalue weighted by Crippen LogP contribution is -2.45. The molecule has 3 amide bonds. The molecule has 2 heterocycles. The molecule has 1 spiro atoms. The van der Waals surface area contributed by atoms with Gasteiger partial charge < -0.3 is 15.5 Å². The van der Waals surface area contributed by atoms with Gasteiger partial charge in [-0.2, -0.15) is 0 Å². The van der Waals surface area contributed by atoms with Gasteiger partial charge in [-0.1, -0.05) is 12.8 Å². The van der Waals surface area contributed by atoms with Gasteiger partial charge in [-0.05, 0) is 24.7 Å². The summed E-state index contributed by atoms with van der Waals surface area (Å²) in [5.41, 5.74) is 0.502. The van der Waals surface area contributed by atoms with E-state index in [0.29, 0.717) is 18.5 Å². The van der Waals surface area contributed by atoms with Crippen molar-refractivity contribution in [1.29, 1.82) is 0 Å². The van der Waals surface area contributed by atoms with Crippen LogP contribution in [0, 0.1) is 5.41 Å². The first-order chi connectivity index (χ1) is 10.6. The van der Waals surface area contributed by atoms with Crippen LogP contribution in [-0.4, -0.2) is 67.5 Å². The second kappa shape index (κ2) is 6.14. The fourth-order valence-corrected chi connectivity index (χ4v) is 3.94. The zero-order chi connectivity index (χ0) is 15.6. The first-order valence-corrected chi connectivity index (χ1v) is 8.17. The van der Waals surface area contributed by atoms with Crippen LogP contribution in [0.2, 0.25) is 0 Å². The van der Waals surface area contributed by atoms with Gasteiger partial charge in [-0.15, -0.1) is 0 Å². The van der Waals surface area contributed by atoms with Crippen LogP contribution in [0.1, 0.15) is 32.1 Å². The van der Waals surface area contributed by atoms with Gasteiger partial charge in [0.1, 0.15) is 0 Å². The topological polar surface area (TPSA) is 77.0 Å². The van der Waals surface area contributed by atoms with E-state index in [1.54, 1.807) is 7.05 Å². The molecule has 1 aliphatic carbocycles. The molecule has 0 aromatic rings. The molecule has 3 rings (SSSR count). The number of hydrogen-bond acceptors (Lipinski definition) is 3. The number of nitrogens with zero attached hydrogens (tertiary/aromatic N) is 3. The van der Waals surface area contributed by atoms with Gasteiger partial charge in [0.05, 0.1) is 6.54 Å². The summed E-state index contributed by atoms with van der Waals surface area (Å²) in [7, 11) is 1.79. The second-order valence-electron chi connectivity index (χ2n) is 6.56. The Hall–Kier alpha value is -1.79. The van der Waals surface area contributed by atoms with Crippen LogP contribution in [0.4, 0.5) is 4.79 Å². The van der Waals surface area contributed by atoms with E-state index in [2.05, 4.69) is 20.5 Å². The number of hydrogen-bond donors (Lipinski definition) is 2. The SMILES string of the molecule is CN=C(NCCN1C(=O)CNC1=O)N1CCC2(CCCC2)C1. The highest BCUT2D eigenvalue weighted by Crippen LogP contribution is 2.45. The monoisotopic (exact) mass is 307 g/mol. The van der Waals surface area contributed by atoms with E-state index in [1.165, 1.54) is 37.0 Å². The Kier molecular flexibility index (Phi) is 4.22. The third-order valence-electron chi connectivity index (χ3n) is 5.17. The van der Waals surface area contributed by atoms with Crippen molar-refractivity contribution in [2.45, 2.75) is 32.1 Å². The van der Waals surface area contributed by atoms with Gasteiger partial charge in [0.2, 0.25) is 5.91 Å². The van der Waals surface area contributed by atoms with Crippen molar-refractivity contribution in [3.8, 4) is 0 Å². The fourth-order valence-electron chi connectivity index (χ4n) is 3.94. The zero-order valence-corrected chi connectivity index (χ0v) is 13.2. The molecule has 0 radical (unpaired) electrons. The number of likely N-dealkylation sites (tertiary alicyclic amines) is 1. The number of urea groups is 1. The smallest absolute Gasteiger partial charge is 0.324 e. The van der Waals surface area contributed by atoms with Gasteiger partial charge in [-0.3, -0.25) is 14.7 Å². The minimum atomic E-state index is -0.298. The number of carbonyl (C=O) groups excluding carboxylic acids is 2. The minimum Gasteiger partial charge on any atom is -0.354 e. The molecule has 1 saturated carbocycles. The maximum atomic E-state index is 11.5. The van der Waals surface area contributed by atoms with Gasteiger partial charge in [0.15, 0.2) is 5.96 Å². The highest BCUT2D eigenvalue weighted by molar-refractivity contribution is 6.01. The van der Waals surface area contributed by atoms with E-state index >= 15 is 0 Å². The highest BCUT2D eigenvalue weighted by Gasteiger charge is 2.41. The summed E-state index contributed by atoms with van der Waals surface area (Å²) in [6.07, 6.45) is 6.63. The predicted molar refractivity (Wildman–Crippen MR) is 83.6 cm³/mol. The number of nitrogens with one attached hydrogen (secondary N) is 2. The molecule has 0 aromatic heterocycles. The van der Waals surface area contributed by atoms with E-state index in [1.807, 2.05) is 0 Å². The lowest BCUT2D eigenvalue weighted by Gasteiger charge is -2.26. The first kappa shape index (κ1) is 15.1. The molecule has 3 fully saturated rings. The average molecular weight is 307 g/mol. The maximum absolute atomic E-state index is 11.5. The highest BCUT2D eigenvalue weighted by atomic mass is 16.2. The molecule has 3 aliphatic rings. The Morgan fingerprint density at radius 1 is 1.32 bits per heavy atom. The summed E-state index contributed by atoms with van der Waals surface area (Å²) < 4.78 is 0. The molecule has 2 aliphatic heterocycles. The first-order valence-electron chi connectivity index (χ1n) is 8.17. The number of rotatable bonds is 3. The van der Waals surface area contributed by atoms with Crippen molar-refractivity contribution < 1.29 is 9.59 Å². The molecular formula is C15H25N5O2. The largest absolute Gasteiger partial charge is 0.354 e. The van der Waals surface area contributed by atoms with Crippen LogP contribution in [0.25, 0.3) is 0 Å². The second-order valence-corrected chi connectivity index (χ2v) is 6.56. The van der Waals surface area contributed by atoms with E-state index in [0.717, 1.165) is 19.0 Å². The van der Waals surface area contributed by atoms with Crippen molar-refractivity contribution in [1.82, 2.24) is 20.4 Å². The van der Waals surface area contributed by atoms with Gasteiger partial charge in [0.25, 0.3) is 0 Å². The summed E-state index contributed by atoms with van der Waals surface area (Å²) in [4.78, 5) is 30.9. The van der Waals surface area contributed by atoms with Crippen molar-refractivity contribution in [3.05, 3.63) is 0 Å². The molecule has 0 unspecified atom stereocenters. The molecule has 0 bridgehead atoms. The van der Waals surface area contributed by atoms with Crippen LogP contribution in [0.3, 0.4) is 0 Å². The molecule has 7 nitrogen and oxygen atoms in total. The van der Waals surface area contributed by atoms with Crippen molar-refractivity contribution in [2.24, 2.45) is 10.4 Å². The number of imide groups is 1. The molecule has 2 N–H and O–H groups in total. The van der Waals surface area contributed by atoms with Crippen molar-refractivity contribution >= 4 is 17.9 Å². The fraction of sp³-hybridized carbons (Fsp3) is 0.800. The Labute approximate surface area is 131 Å². The Balaban J connectivity index is 1.49. The summed E-state index contributed by atoms with van der Waals surface area (Å²) in [6.45, 7) is 3.15. The van der Waals surface area contributed by atoms with E-state index in [-0.39, 0.29) is 18.5 Å². The van der Waals surface area contributed by atoms with Crippen molar-refractivity contribution in [2.75, 3.05) is 39.8 Å². The van der Waals surface area contributed by atoms with E-state index in [9.17, 15) is 9.59 Å². The normalized spacial score (nSPS) is 24.5. The molecular weight excluding hydrogens is 282 g/mol. The zero-order valence-electron chi connectivity index (χ0n) is 13.2. The number of amides is 3. The van der Waals surface area contributed by atoms with Crippen molar-refractivity contribution in [3.63, 3.8) is 0 Å². The standard InChI is InChI=1S/C15H25N5O2/c1-16-13(17-7-9-20-12(21)10-18-14(20)22)19-8-6-15(11-19)4-2-3-5-15/h2-11H2,1H3,(H,16,17)(H,18,22). The van der Waals surface area contributed by atoms with Crippen LogP contribution in [0.15, 0.2) is 4.99 Å². The third-order valence-corrected chi connectivity index (χ3v) is 5.17. The lowest BCUT2D eigenvalue weighted by atomic mass is 9.86. The van der Waals surface area contributed by atoms with Crippen LogP contribution >= 0.6 is 0 Å². The predicted octanol–water partition coefficient (Wildman–Crippen LogP) is 0.380. The van der Waals surface area contributed by atoms with Gasteiger partial charge in [-0.25, -0.2) is 4.79 Å². The maximum Gasteiger partial charge on any atom is 0.324 e. The summed E-state index contributed by atoms with van der Waals surface area (Å²) in [5.74, 6) is 0.726. The Morgan fingerprint density at radius 2 is 2.09 bits per heavy atom. The quantitative estimate of drug-likeness (QED) is 0.449. The van der Waals surface area contributed by atoms with Gasteiger partial charge >= 0.3 is 6.03 Å². The van der Waals surface area contributed by atoms with Crippen LogP contribution in [-0.2, 0) is 4.79 Å². The number of aliphatic imine (C=N–C) groups is 1. The minimum absolute atomic E-state index is 0.113. The Morgan fingerprint density at radius 3 is 2.73 bits per heavy atom. The van der Waals surface area contributed by atoms with E-state index in [4.69, 9.17) is 0 Å². The number of carbonyl (C=O) groups is 2. The summed E-state index contributed by atoms with van der Waals surface area (Å²) in [6, 6.07) is -0.298. The summed E-state index contributed by atoms with van der Waals surface area (Å²) >= 11 is 0. The summed E-state index contributed by atoms with van der Waals surface area (Å²) in [5, 5.41) is 5.82. The Bertz CT molecular complexity index is 468. The third kappa shape index (κ3) is 2.89. The van der Waals surface area contributed by atoms with Crippen LogP contribution < -0.4 is 10.6 Å². The molecule has 7 heteroatoms. The number of guanidine groups is 1. The van der Waals surface area contributed by atoms with Gasteiger partial charge in [0, 0.05) is 33.2 Å². The lowest BCUT2D eigenvalue weighted by molar-refractivity contribution is -0.124. The molecule has 0 aromatic carbocycles. The average Bonchev–Trinajstić information content (AvgIpc) is 3.22. The molecule has 122 valence electrons. The molecule has 2 saturated heterocycles. The molecule has 22 heavy (non-hydrogen) atoms. The van der Waals surface area contributed by atoms with E-state index < -0.39 is 0 Å².